The van der Waals surface area contributed by atoms with E-state index < -0.39 is 0 Å². The number of thiophene rings is 1. The van der Waals surface area contributed by atoms with Gasteiger partial charge >= 0.3 is 0 Å². The summed E-state index contributed by atoms with van der Waals surface area (Å²) in [5.41, 5.74) is 1.44. The van der Waals surface area contributed by atoms with E-state index in [1.165, 1.54) is 10.4 Å². The summed E-state index contributed by atoms with van der Waals surface area (Å²) >= 11 is 1.84. The van der Waals surface area contributed by atoms with Crippen molar-refractivity contribution in [1.29, 1.82) is 0 Å². The summed E-state index contributed by atoms with van der Waals surface area (Å²) in [6.45, 7) is 8.30. The summed E-state index contributed by atoms with van der Waals surface area (Å²) < 4.78 is 1.98. The van der Waals surface area contributed by atoms with Crippen molar-refractivity contribution in [3.8, 4) is 0 Å². The van der Waals surface area contributed by atoms with Crippen LogP contribution in [0.25, 0.3) is 0 Å². The van der Waals surface area contributed by atoms with Crippen molar-refractivity contribution in [3.05, 3.63) is 34.0 Å². The second-order valence-electron chi connectivity index (χ2n) is 4.47. The van der Waals surface area contributed by atoms with E-state index in [9.17, 15) is 0 Å². The summed E-state index contributed by atoms with van der Waals surface area (Å²) in [5.74, 6) is 1.06. The number of hydrogen-bond acceptors (Lipinski definition) is 4. The van der Waals surface area contributed by atoms with Gasteiger partial charge in [-0.05, 0) is 36.9 Å². The molecule has 2 rings (SSSR count). The van der Waals surface area contributed by atoms with Gasteiger partial charge in [0.15, 0.2) is 0 Å². The highest BCUT2D eigenvalue weighted by atomic mass is 32.1. The molecule has 0 aliphatic carbocycles. The number of hydrogen-bond donors (Lipinski definition) is 1. The largest absolute Gasteiger partial charge is 0.309 e. The minimum atomic E-state index is 0.342. The summed E-state index contributed by atoms with van der Waals surface area (Å²) in [7, 11) is 0. The lowest BCUT2D eigenvalue weighted by Crippen LogP contribution is -2.24. The van der Waals surface area contributed by atoms with Crippen LogP contribution in [0, 0.1) is 0 Å². The van der Waals surface area contributed by atoms with Gasteiger partial charge in [-0.2, -0.15) is 5.10 Å². The molecule has 5 heteroatoms. The van der Waals surface area contributed by atoms with Gasteiger partial charge in [-0.3, -0.25) is 4.68 Å². The Morgan fingerprint density at radius 3 is 2.89 bits per heavy atom. The smallest absolute Gasteiger partial charge is 0.138 e. The second-order valence-corrected chi connectivity index (χ2v) is 5.42. The van der Waals surface area contributed by atoms with Crippen LogP contribution in [0.3, 0.4) is 0 Å². The Kier molecular flexibility index (Phi) is 5.10. The zero-order valence-corrected chi connectivity index (χ0v) is 12.7. The fraction of sp³-hybridized carbons (Fsp3) is 0.571. The van der Waals surface area contributed by atoms with Crippen molar-refractivity contribution in [2.45, 2.75) is 46.2 Å². The molecule has 2 heterocycles. The molecule has 0 radical (unpaired) electrons. The first kappa shape index (κ1) is 14.2. The highest BCUT2D eigenvalue weighted by molar-refractivity contribution is 7.10. The average Bonchev–Trinajstić information content (AvgIpc) is 3.06. The van der Waals surface area contributed by atoms with E-state index in [0.717, 1.165) is 31.8 Å². The van der Waals surface area contributed by atoms with Crippen molar-refractivity contribution >= 4 is 11.3 Å². The van der Waals surface area contributed by atoms with Gasteiger partial charge in [0.1, 0.15) is 12.2 Å². The fourth-order valence-electron chi connectivity index (χ4n) is 2.34. The number of rotatable bonds is 7. The number of aryl methyl sites for hydroxylation is 2. The van der Waals surface area contributed by atoms with Crippen molar-refractivity contribution in [2.75, 3.05) is 6.54 Å². The highest BCUT2D eigenvalue weighted by Crippen LogP contribution is 2.27. The van der Waals surface area contributed by atoms with Crippen LogP contribution < -0.4 is 5.32 Å². The van der Waals surface area contributed by atoms with Crippen molar-refractivity contribution in [2.24, 2.45) is 0 Å². The van der Waals surface area contributed by atoms with Crippen LogP contribution >= 0.6 is 11.3 Å². The maximum Gasteiger partial charge on any atom is 0.138 e. The maximum atomic E-state index is 4.39. The Balaban J connectivity index is 2.21. The summed E-state index contributed by atoms with van der Waals surface area (Å²) in [5, 5.41) is 10.0. The first-order valence-electron chi connectivity index (χ1n) is 6.96. The van der Waals surface area contributed by atoms with Gasteiger partial charge in [0.2, 0.25) is 0 Å². The van der Waals surface area contributed by atoms with Crippen molar-refractivity contribution in [1.82, 2.24) is 20.1 Å². The Morgan fingerprint density at radius 1 is 1.37 bits per heavy atom. The minimum Gasteiger partial charge on any atom is -0.309 e. The summed E-state index contributed by atoms with van der Waals surface area (Å²) in [4.78, 5) is 5.83. The molecule has 0 saturated carbocycles. The molecule has 104 valence electrons. The van der Waals surface area contributed by atoms with Crippen LogP contribution in [0.1, 0.15) is 43.1 Å². The Hall–Kier alpha value is -1.20. The SMILES string of the molecule is CCNC(Cc1ncnn1CC)c1sccc1CC. The molecule has 19 heavy (non-hydrogen) atoms. The lowest BCUT2D eigenvalue weighted by Gasteiger charge is -2.18. The average molecular weight is 278 g/mol. The zero-order valence-electron chi connectivity index (χ0n) is 11.9. The van der Waals surface area contributed by atoms with E-state index >= 15 is 0 Å². The van der Waals surface area contributed by atoms with E-state index in [1.54, 1.807) is 6.33 Å². The van der Waals surface area contributed by atoms with Crippen LogP contribution in [-0.2, 0) is 19.4 Å². The van der Waals surface area contributed by atoms with Gasteiger partial charge in [-0.25, -0.2) is 4.98 Å². The molecule has 0 amide bonds. The van der Waals surface area contributed by atoms with Gasteiger partial charge in [0, 0.05) is 23.9 Å². The lowest BCUT2D eigenvalue weighted by atomic mass is 10.1. The number of nitrogens with one attached hydrogen (secondary N) is 1. The molecule has 0 fully saturated rings. The van der Waals surface area contributed by atoms with Crippen LogP contribution in [0.5, 0.6) is 0 Å². The molecule has 0 bridgehead atoms. The van der Waals surface area contributed by atoms with Gasteiger partial charge in [0.05, 0.1) is 0 Å². The normalized spacial score (nSPS) is 12.8. The molecular weight excluding hydrogens is 256 g/mol. The molecule has 2 aromatic heterocycles. The third kappa shape index (κ3) is 3.22. The van der Waals surface area contributed by atoms with Gasteiger partial charge in [0.25, 0.3) is 0 Å². The Labute approximate surface area is 118 Å². The highest BCUT2D eigenvalue weighted by Gasteiger charge is 2.18. The minimum absolute atomic E-state index is 0.342. The molecule has 0 aliphatic heterocycles. The summed E-state index contributed by atoms with van der Waals surface area (Å²) in [6.07, 6.45) is 3.63. The first-order chi connectivity index (χ1) is 9.30. The number of nitrogens with zero attached hydrogens (tertiary/aromatic N) is 3. The third-order valence-corrected chi connectivity index (χ3v) is 4.38. The molecule has 0 aromatic carbocycles. The standard InChI is InChI=1S/C14H22N4S/c1-4-11-7-8-19-14(11)12(15-5-2)9-13-16-10-17-18(13)6-3/h7-8,10,12,15H,4-6,9H2,1-3H3. The molecule has 1 unspecified atom stereocenters. The fourth-order valence-corrected chi connectivity index (χ4v) is 3.42. The third-order valence-electron chi connectivity index (χ3n) is 3.31. The molecule has 2 aromatic rings. The van der Waals surface area contributed by atoms with Crippen molar-refractivity contribution in [3.63, 3.8) is 0 Å². The van der Waals surface area contributed by atoms with Crippen LogP contribution in [-0.4, -0.2) is 21.3 Å². The quantitative estimate of drug-likeness (QED) is 0.847. The predicted octanol–water partition coefficient (Wildman–Crippen LogP) is 2.82. The first-order valence-corrected chi connectivity index (χ1v) is 7.84. The van der Waals surface area contributed by atoms with E-state index in [4.69, 9.17) is 0 Å². The van der Waals surface area contributed by atoms with Gasteiger partial charge in [-0.15, -0.1) is 11.3 Å². The maximum absolute atomic E-state index is 4.39. The second kappa shape index (κ2) is 6.82. The predicted molar refractivity (Wildman–Crippen MR) is 79.5 cm³/mol. The lowest BCUT2D eigenvalue weighted by molar-refractivity contribution is 0.513. The molecule has 0 saturated heterocycles. The number of likely N-dealkylation sites (N-methyl/N-ethyl adjacent to an activating group) is 1. The molecule has 4 nitrogen and oxygen atoms in total. The Morgan fingerprint density at radius 2 is 2.21 bits per heavy atom. The van der Waals surface area contributed by atoms with Gasteiger partial charge in [-0.1, -0.05) is 13.8 Å². The van der Waals surface area contributed by atoms with E-state index in [-0.39, 0.29) is 0 Å². The molecule has 1 atom stereocenters. The van der Waals surface area contributed by atoms with Gasteiger partial charge < -0.3 is 5.32 Å². The molecular formula is C14H22N4S. The zero-order chi connectivity index (χ0) is 13.7. The molecule has 0 aliphatic rings. The van der Waals surface area contributed by atoms with E-state index in [2.05, 4.69) is 47.6 Å². The van der Waals surface area contributed by atoms with Crippen molar-refractivity contribution < 1.29 is 0 Å². The van der Waals surface area contributed by atoms with Crippen LogP contribution in [0.2, 0.25) is 0 Å². The van der Waals surface area contributed by atoms with Crippen LogP contribution in [0.4, 0.5) is 0 Å². The summed E-state index contributed by atoms with van der Waals surface area (Å²) in [6, 6.07) is 2.57. The topological polar surface area (TPSA) is 42.7 Å². The van der Waals surface area contributed by atoms with E-state index in [1.807, 2.05) is 16.0 Å². The van der Waals surface area contributed by atoms with E-state index in [0.29, 0.717) is 6.04 Å². The molecule has 1 N–H and O–H groups in total. The number of aromatic nitrogens is 3. The Bertz CT molecular complexity index is 503. The monoisotopic (exact) mass is 278 g/mol. The molecule has 0 spiro atoms. The van der Waals surface area contributed by atoms with Crippen LogP contribution in [0.15, 0.2) is 17.8 Å².